The molecule has 0 spiro atoms. The first kappa shape index (κ1) is 12.7. The Morgan fingerprint density at radius 2 is 1.50 bits per heavy atom. The summed E-state index contributed by atoms with van der Waals surface area (Å²) in [7, 11) is 0. The first-order valence-corrected chi connectivity index (χ1v) is 6.59. The number of hydrogen-bond acceptors (Lipinski definition) is 0. The van der Waals surface area contributed by atoms with Crippen molar-refractivity contribution in [3.63, 3.8) is 0 Å². The molecule has 0 saturated carbocycles. The molecular formula is C17H15Cl. The maximum atomic E-state index is 5.58. The third-order valence-corrected chi connectivity index (χ3v) is 2.85. The molecule has 90 valence electrons. The van der Waals surface area contributed by atoms with Gasteiger partial charge in [-0.25, -0.2) is 0 Å². The van der Waals surface area contributed by atoms with E-state index in [1.54, 1.807) is 0 Å². The van der Waals surface area contributed by atoms with E-state index in [1.807, 2.05) is 6.07 Å². The molecule has 0 heterocycles. The van der Waals surface area contributed by atoms with Gasteiger partial charge in [-0.2, -0.15) is 0 Å². The van der Waals surface area contributed by atoms with E-state index in [-0.39, 0.29) is 0 Å². The third-order valence-electron chi connectivity index (χ3n) is 2.66. The Morgan fingerprint density at radius 3 is 2.17 bits per heavy atom. The summed E-state index contributed by atoms with van der Waals surface area (Å²) in [5, 5.41) is 0. The van der Waals surface area contributed by atoms with Crippen LogP contribution < -0.4 is 0 Å². The zero-order valence-electron chi connectivity index (χ0n) is 10.2. The van der Waals surface area contributed by atoms with Gasteiger partial charge >= 0.3 is 0 Å². The molecule has 0 nitrogen and oxygen atoms in total. The lowest BCUT2D eigenvalue weighted by atomic mass is 10.0. The Hall–Kier alpha value is -1.71. The summed E-state index contributed by atoms with van der Waals surface area (Å²) in [6, 6.07) is 18.9. The van der Waals surface area contributed by atoms with E-state index in [1.165, 1.54) is 11.1 Å². The molecule has 0 amide bonds. The minimum absolute atomic E-state index is 0.596. The highest BCUT2D eigenvalue weighted by atomic mass is 35.5. The second-order valence-electron chi connectivity index (χ2n) is 4.10. The van der Waals surface area contributed by atoms with Crippen LogP contribution in [0, 0.1) is 11.8 Å². The van der Waals surface area contributed by atoms with Crippen molar-refractivity contribution in [1.82, 2.24) is 0 Å². The molecule has 2 aromatic carbocycles. The maximum Gasteiger partial charge on any atom is 0.0333 e. The lowest BCUT2D eigenvalue weighted by molar-refractivity contribution is 1.19. The van der Waals surface area contributed by atoms with Crippen molar-refractivity contribution in [2.24, 2.45) is 0 Å². The van der Waals surface area contributed by atoms with Crippen molar-refractivity contribution in [3.8, 4) is 11.8 Å². The number of rotatable bonds is 3. The van der Waals surface area contributed by atoms with Gasteiger partial charge in [-0.3, -0.25) is 0 Å². The number of hydrogen-bond donors (Lipinski definition) is 0. The van der Waals surface area contributed by atoms with Crippen LogP contribution in [-0.4, -0.2) is 5.88 Å². The summed E-state index contributed by atoms with van der Waals surface area (Å²) in [6.07, 6.45) is 1.71. The Balaban J connectivity index is 2.02. The first-order chi connectivity index (χ1) is 8.88. The van der Waals surface area contributed by atoms with Crippen molar-refractivity contribution in [3.05, 3.63) is 71.3 Å². The minimum atomic E-state index is 0.596. The molecule has 18 heavy (non-hydrogen) atoms. The van der Waals surface area contributed by atoms with Crippen LogP contribution in [0.5, 0.6) is 0 Å². The molecule has 0 aliphatic heterocycles. The minimum Gasteiger partial charge on any atom is -0.126 e. The second kappa shape index (κ2) is 6.89. The summed E-state index contributed by atoms with van der Waals surface area (Å²) in [5.41, 5.74) is 3.69. The van der Waals surface area contributed by atoms with Crippen LogP contribution in [-0.2, 0) is 6.42 Å². The zero-order chi connectivity index (χ0) is 12.6. The predicted octanol–water partition coefficient (Wildman–Crippen LogP) is 4.26. The van der Waals surface area contributed by atoms with Crippen LogP contribution in [0.4, 0.5) is 0 Å². The highest BCUT2D eigenvalue weighted by molar-refractivity contribution is 6.18. The quantitative estimate of drug-likeness (QED) is 0.567. The fraction of sp³-hybridized carbons (Fsp3) is 0.176. The molecule has 0 aromatic heterocycles. The molecule has 0 N–H and O–H groups in total. The van der Waals surface area contributed by atoms with E-state index < -0.39 is 0 Å². The standard InChI is InChI=1S/C17H15Cl/c18-13-5-4-6-15-9-11-17(12-10-15)14-16-7-2-1-3-8-16/h1-3,7-12H,5,13-14H2. The summed E-state index contributed by atoms with van der Waals surface area (Å²) in [5.74, 6) is 6.74. The van der Waals surface area contributed by atoms with Crippen molar-refractivity contribution in [2.75, 3.05) is 5.88 Å². The van der Waals surface area contributed by atoms with Gasteiger partial charge in [0.15, 0.2) is 0 Å². The first-order valence-electron chi connectivity index (χ1n) is 6.06. The normalized spacial score (nSPS) is 9.61. The zero-order valence-corrected chi connectivity index (χ0v) is 11.0. The monoisotopic (exact) mass is 254 g/mol. The lowest BCUT2D eigenvalue weighted by Gasteiger charge is -2.01. The summed E-state index contributed by atoms with van der Waals surface area (Å²) in [4.78, 5) is 0. The third kappa shape index (κ3) is 3.95. The van der Waals surface area contributed by atoms with Gasteiger partial charge in [0.2, 0.25) is 0 Å². The molecule has 0 atom stereocenters. The van der Waals surface area contributed by atoms with Crippen LogP contribution in [0.15, 0.2) is 54.6 Å². The van der Waals surface area contributed by atoms with E-state index in [4.69, 9.17) is 11.6 Å². The number of halogens is 1. The smallest absolute Gasteiger partial charge is 0.0333 e. The molecule has 0 radical (unpaired) electrons. The molecule has 2 aromatic rings. The van der Waals surface area contributed by atoms with Gasteiger partial charge < -0.3 is 0 Å². The van der Waals surface area contributed by atoms with E-state index >= 15 is 0 Å². The van der Waals surface area contributed by atoms with E-state index in [0.717, 1.165) is 18.4 Å². The van der Waals surface area contributed by atoms with Gasteiger partial charge in [-0.05, 0) is 29.7 Å². The predicted molar refractivity (Wildman–Crippen MR) is 77.9 cm³/mol. The van der Waals surface area contributed by atoms with E-state index in [9.17, 15) is 0 Å². The molecule has 0 unspecified atom stereocenters. The molecular weight excluding hydrogens is 240 g/mol. The average molecular weight is 255 g/mol. The van der Waals surface area contributed by atoms with Crippen LogP contribution in [0.25, 0.3) is 0 Å². The fourth-order valence-corrected chi connectivity index (χ4v) is 1.84. The fourth-order valence-electron chi connectivity index (χ4n) is 1.75. The number of benzene rings is 2. The Bertz CT molecular complexity index is 529. The van der Waals surface area contributed by atoms with Crippen LogP contribution >= 0.6 is 11.6 Å². The molecule has 0 aliphatic carbocycles. The number of alkyl halides is 1. The summed E-state index contributed by atoms with van der Waals surface area (Å²) >= 11 is 5.58. The Morgan fingerprint density at radius 1 is 0.833 bits per heavy atom. The van der Waals surface area contributed by atoms with Crippen molar-refractivity contribution < 1.29 is 0 Å². The highest BCUT2D eigenvalue weighted by Gasteiger charge is 1.95. The van der Waals surface area contributed by atoms with Crippen LogP contribution in [0.1, 0.15) is 23.1 Å². The van der Waals surface area contributed by atoms with Crippen molar-refractivity contribution >= 4 is 11.6 Å². The van der Waals surface area contributed by atoms with Crippen molar-refractivity contribution in [1.29, 1.82) is 0 Å². The van der Waals surface area contributed by atoms with Gasteiger partial charge in [-0.1, -0.05) is 54.3 Å². The van der Waals surface area contributed by atoms with Crippen molar-refractivity contribution in [2.45, 2.75) is 12.8 Å². The summed E-state index contributed by atoms with van der Waals surface area (Å²) < 4.78 is 0. The molecule has 0 bridgehead atoms. The molecule has 0 aliphatic rings. The SMILES string of the molecule is ClCCC#Cc1ccc(Cc2ccccc2)cc1. The molecule has 0 saturated heterocycles. The highest BCUT2D eigenvalue weighted by Crippen LogP contribution is 2.10. The molecule has 0 fully saturated rings. The lowest BCUT2D eigenvalue weighted by Crippen LogP contribution is -1.87. The van der Waals surface area contributed by atoms with E-state index in [2.05, 4.69) is 60.4 Å². The Labute approximate surface area is 114 Å². The second-order valence-corrected chi connectivity index (χ2v) is 4.48. The van der Waals surface area contributed by atoms with Crippen LogP contribution in [0.3, 0.4) is 0 Å². The van der Waals surface area contributed by atoms with Crippen LogP contribution in [0.2, 0.25) is 0 Å². The van der Waals surface area contributed by atoms with Gasteiger partial charge in [0.25, 0.3) is 0 Å². The molecule has 2 rings (SSSR count). The van der Waals surface area contributed by atoms with Gasteiger partial charge in [-0.15, -0.1) is 11.6 Å². The topological polar surface area (TPSA) is 0 Å². The Kier molecular flexibility index (Phi) is 4.88. The average Bonchev–Trinajstić information content (AvgIpc) is 2.42. The van der Waals surface area contributed by atoms with Gasteiger partial charge in [0.05, 0.1) is 0 Å². The molecule has 1 heteroatoms. The van der Waals surface area contributed by atoms with E-state index in [0.29, 0.717) is 5.88 Å². The van der Waals surface area contributed by atoms with Gasteiger partial charge in [0, 0.05) is 17.9 Å². The summed E-state index contributed by atoms with van der Waals surface area (Å²) in [6.45, 7) is 0. The maximum absolute atomic E-state index is 5.58. The van der Waals surface area contributed by atoms with Gasteiger partial charge in [0.1, 0.15) is 0 Å². The largest absolute Gasteiger partial charge is 0.126 e.